The summed E-state index contributed by atoms with van der Waals surface area (Å²) in [6.45, 7) is 1.72. The van der Waals surface area contributed by atoms with Crippen molar-refractivity contribution in [3.05, 3.63) is 29.3 Å². The highest BCUT2D eigenvalue weighted by molar-refractivity contribution is 7.89. The number of nitrogens with one attached hydrogen (secondary N) is 1. The minimum atomic E-state index is -3.35. The predicted molar refractivity (Wildman–Crippen MR) is 81.8 cm³/mol. The lowest BCUT2D eigenvalue weighted by molar-refractivity contribution is 0.334. The summed E-state index contributed by atoms with van der Waals surface area (Å²) in [7, 11) is -3.35. The van der Waals surface area contributed by atoms with Crippen molar-refractivity contribution in [2.24, 2.45) is 0 Å². The zero-order valence-electron chi connectivity index (χ0n) is 12.2. The van der Waals surface area contributed by atoms with Gasteiger partial charge in [0.2, 0.25) is 10.0 Å². The van der Waals surface area contributed by atoms with E-state index in [1.807, 2.05) is 22.5 Å². The molecule has 4 nitrogen and oxygen atoms in total. The lowest BCUT2D eigenvalue weighted by atomic mass is 10.1. The Morgan fingerprint density at radius 1 is 1.05 bits per heavy atom. The molecule has 2 heterocycles. The van der Waals surface area contributed by atoms with Crippen molar-refractivity contribution in [2.45, 2.75) is 55.5 Å². The molecule has 0 amide bonds. The highest BCUT2D eigenvalue weighted by Gasteiger charge is 2.43. The summed E-state index contributed by atoms with van der Waals surface area (Å²) in [6.07, 6.45) is 6.19. The zero-order valence-corrected chi connectivity index (χ0v) is 13.0. The molecular weight excluding hydrogens is 284 g/mol. The van der Waals surface area contributed by atoms with E-state index in [1.54, 1.807) is 0 Å². The van der Waals surface area contributed by atoms with Crippen LogP contribution in [0.3, 0.4) is 0 Å². The molecule has 5 heteroatoms. The first kappa shape index (κ1) is 13.7. The van der Waals surface area contributed by atoms with E-state index in [4.69, 9.17) is 0 Å². The van der Waals surface area contributed by atoms with Crippen LogP contribution < -0.4 is 5.32 Å². The molecular formula is C16H22N2O2S. The van der Waals surface area contributed by atoms with Crippen molar-refractivity contribution in [3.63, 3.8) is 0 Å². The molecule has 0 saturated carbocycles. The van der Waals surface area contributed by atoms with Crippen molar-refractivity contribution in [1.82, 2.24) is 9.62 Å². The number of benzene rings is 1. The molecule has 1 N–H and O–H groups in total. The summed E-state index contributed by atoms with van der Waals surface area (Å²) in [5.74, 6) is 0. The van der Waals surface area contributed by atoms with Gasteiger partial charge in [-0.1, -0.05) is 6.07 Å². The van der Waals surface area contributed by atoms with Crippen molar-refractivity contribution in [1.29, 1.82) is 0 Å². The second-order valence-corrected chi connectivity index (χ2v) is 8.34. The molecule has 2 unspecified atom stereocenters. The Hall–Kier alpha value is -0.910. The molecule has 2 fully saturated rings. The molecule has 3 aliphatic rings. The molecule has 4 rings (SSSR count). The van der Waals surface area contributed by atoms with E-state index in [2.05, 4.69) is 5.32 Å². The standard InChI is InChI=1S/C16H22N2O2S/c19-21(20,16-7-4-12-2-1-3-13(12)10-16)18-14-5-6-15(18)11-17-9-8-14/h4,7,10,14-15,17H,1-3,5-6,8-9,11H2. The quantitative estimate of drug-likeness (QED) is 0.904. The molecule has 2 saturated heterocycles. The number of aryl methyl sites for hydroxylation is 2. The van der Waals surface area contributed by atoms with Crippen LogP contribution in [0.2, 0.25) is 0 Å². The van der Waals surface area contributed by atoms with Crippen molar-refractivity contribution < 1.29 is 8.42 Å². The molecule has 0 aromatic heterocycles. The van der Waals surface area contributed by atoms with Crippen LogP contribution in [0.25, 0.3) is 0 Å². The number of fused-ring (bicyclic) bond motifs is 3. The monoisotopic (exact) mass is 306 g/mol. The Kier molecular flexibility index (Phi) is 3.32. The van der Waals surface area contributed by atoms with E-state index < -0.39 is 10.0 Å². The molecule has 1 aromatic carbocycles. The van der Waals surface area contributed by atoms with Gasteiger partial charge in [-0.05, 0) is 68.3 Å². The van der Waals surface area contributed by atoms with Crippen LogP contribution in [0.5, 0.6) is 0 Å². The van der Waals surface area contributed by atoms with Gasteiger partial charge >= 0.3 is 0 Å². The molecule has 1 aromatic rings. The number of nitrogens with zero attached hydrogens (tertiary/aromatic N) is 1. The van der Waals surface area contributed by atoms with Crippen LogP contribution in [-0.2, 0) is 22.9 Å². The first-order valence-corrected chi connectivity index (χ1v) is 9.46. The van der Waals surface area contributed by atoms with Crippen LogP contribution in [0.4, 0.5) is 0 Å². The van der Waals surface area contributed by atoms with Gasteiger partial charge in [0, 0.05) is 18.6 Å². The Morgan fingerprint density at radius 3 is 2.76 bits per heavy atom. The van der Waals surface area contributed by atoms with Crippen LogP contribution in [0.15, 0.2) is 23.1 Å². The fourth-order valence-corrected chi connectivity index (χ4v) is 6.11. The van der Waals surface area contributed by atoms with Crippen LogP contribution in [-0.4, -0.2) is 37.9 Å². The molecule has 114 valence electrons. The highest BCUT2D eigenvalue weighted by atomic mass is 32.2. The summed E-state index contributed by atoms with van der Waals surface area (Å²) in [4.78, 5) is 0.502. The van der Waals surface area contributed by atoms with E-state index in [9.17, 15) is 8.42 Å². The molecule has 1 aliphatic carbocycles. The van der Waals surface area contributed by atoms with Crippen molar-refractivity contribution >= 4 is 10.0 Å². The van der Waals surface area contributed by atoms with Gasteiger partial charge in [-0.2, -0.15) is 4.31 Å². The summed E-state index contributed by atoms with van der Waals surface area (Å²) in [6, 6.07) is 6.08. The Labute approximate surface area is 126 Å². The average molecular weight is 306 g/mol. The van der Waals surface area contributed by atoms with E-state index >= 15 is 0 Å². The maximum absolute atomic E-state index is 13.1. The smallest absolute Gasteiger partial charge is 0.243 e. The third-order valence-corrected chi connectivity index (χ3v) is 7.23. The van der Waals surface area contributed by atoms with Crippen molar-refractivity contribution in [2.75, 3.05) is 13.1 Å². The molecule has 0 spiro atoms. The van der Waals surface area contributed by atoms with Gasteiger partial charge in [0.15, 0.2) is 0 Å². The third kappa shape index (κ3) is 2.22. The molecule has 21 heavy (non-hydrogen) atoms. The molecule has 2 bridgehead atoms. The van der Waals surface area contributed by atoms with Gasteiger partial charge < -0.3 is 5.32 Å². The Morgan fingerprint density at radius 2 is 1.86 bits per heavy atom. The minimum absolute atomic E-state index is 0.135. The molecule has 0 radical (unpaired) electrons. The van der Waals surface area contributed by atoms with Crippen LogP contribution in [0, 0.1) is 0 Å². The SMILES string of the molecule is O=S(=O)(c1ccc2c(c1)CCC2)N1C2CCNCC1CC2. The van der Waals surface area contributed by atoms with Gasteiger partial charge in [-0.25, -0.2) is 8.42 Å². The van der Waals surface area contributed by atoms with Crippen LogP contribution in [0.1, 0.15) is 36.8 Å². The second kappa shape index (κ2) is 5.07. The zero-order chi connectivity index (χ0) is 14.4. The molecule has 2 aliphatic heterocycles. The maximum Gasteiger partial charge on any atom is 0.243 e. The fraction of sp³-hybridized carbons (Fsp3) is 0.625. The lowest BCUT2D eigenvalue weighted by Gasteiger charge is -2.27. The Bertz CT molecular complexity index is 642. The largest absolute Gasteiger partial charge is 0.315 e. The number of rotatable bonds is 2. The van der Waals surface area contributed by atoms with E-state index in [-0.39, 0.29) is 12.1 Å². The van der Waals surface area contributed by atoms with Gasteiger partial charge in [0.25, 0.3) is 0 Å². The van der Waals surface area contributed by atoms with Crippen LogP contribution >= 0.6 is 0 Å². The first-order valence-electron chi connectivity index (χ1n) is 8.02. The van der Waals surface area contributed by atoms with Gasteiger partial charge in [0.1, 0.15) is 0 Å². The summed E-state index contributed by atoms with van der Waals surface area (Å²) in [5.41, 5.74) is 2.56. The van der Waals surface area contributed by atoms with Gasteiger partial charge in [0.05, 0.1) is 4.90 Å². The average Bonchev–Trinajstić information content (AvgIpc) is 3.01. The van der Waals surface area contributed by atoms with E-state index in [0.717, 1.165) is 51.6 Å². The minimum Gasteiger partial charge on any atom is -0.315 e. The fourth-order valence-electron chi connectivity index (χ4n) is 4.16. The second-order valence-electron chi connectivity index (χ2n) is 6.50. The predicted octanol–water partition coefficient (Wildman–Crippen LogP) is 1.69. The summed E-state index contributed by atoms with van der Waals surface area (Å²) >= 11 is 0. The normalized spacial score (nSPS) is 29.3. The maximum atomic E-state index is 13.1. The number of hydrogen-bond acceptors (Lipinski definition) is 3. The Balaban J connectivity index is 1.73. The molecule has 2 atom stereocenters. The topological polar surface area (TPSA) is 49.4 Å². The number of hydrogen-bond donors (Lipinski definition) is 1. The highest BCUT2D eigenvalue weighted by Crippen LogP contribution is 2.35. The first-order chi connectivity index (χ1) is 10.2. The summed E-state index contributed by atoms with van der Waals surface area (Å²) in [5, 5.41) is 3.37. The summed E-state index contributed by atoms with van der Waals surface area (Å²) < 4.78 is 28.0. The number of sulfonamides is 1. The van der Waals surface area contributed by atoms with Crippen molar-refractivity contribution in [3.8, 4) is 0 Å². The lowest BCUT2D eigenvalue weighted by Crippen LogP contribution is -2.42. The van der Waals surface area contributed by atoms with E-state index in [1.165, 1.54) is 11.1 Å². The third-order valence-electron chi connectivity index (χ3n) is 5.23. The van der Waals surface area contributed by atoms with Gasteiger partial charge in [-0.3, -0.25) is 0 Å². The van der Waals surface area contributed by atoms with E-state index in [0.29, 0.717) is 4.90 Å². The van der Waals surface area contributed by atoms with Gasteiger partial charge in [-0.15, -0.1) is 0 Å².